The third kappa shape index (κ3) is 33.1. The summed E-state index contributed by atoms with van der Waals surface area (Å²) in [6.45, 7) is 13.1. The van der Waals surface area contributed by atoms with Crippen LogP contribution >= 0.6 is 33.3 Å². The van der Waals surface area contributed by atoms with Gasteiger partial charge in [-0.25, -0.2) is 4.98 Å². The van der Waals surface area contributed by atoms with Crippen LogP contribution in [0.3, 0.4) is 0 Å². The molecular formula is C81H119N23O19S3. The summed E-state index contributed by atoms with van der Waals surface area (Å²) >= 11 is 1.38. The fraction of sp³-hybridized carbons (Fsp3) is 0.556. The molecule has 6 rings (SSSR count). The fourth-order valence-electron chi connectivity index (χ4n) is 13.8. The number of hydrogen-bond donors (Lipinski definition) is 21. The number of thioether (sulfide) groups is 1. The number of nitrogens with one attached hydrogen (secondary N) is 16. The summed E-state index contributed by atoms with van der Waals surface area (Å²) in [6, 6.07) is -6.94. The highest BCUT2D eigenvalue weighted by atomic mass is 33.1. The van der Waals surface area contributed by atoms with E-state index in [9.17, 15) is 67.4 Å². The third-order valence-electron chi connectivity index (χ3n) is 20.4. The van der Waals surface area contributed by atoms with Crippen molar-refractivity contribution in [2.24, 2.45) is 51.6 Å². The van der Waals surface area contributed by atoms with Crippen molar-refractivity contribution in [3.8, 4) is 0 Å². The Morgan fingerprint density at radius 1 is 0.627 bits per heavy atom. The number of carboxylic acid groups (broad SMARTS) is 1. The zero-order valence-corrected chi connectivity index (χ0v) is 74.5. The number of aromatic amines is 2. The van der Waals surface area contributed by atoms with Gasteiger partial charge in [0.15, 0.2) is 5.96 Å². The number of amides is 17. The molecule has 0 saturated carbocycles. The number of carboxylic acids is 1. The number of guanidine groups is 1. The van der Waals surface area contributed by atoms with Crippen LogP contribution in [0.15, 0.2) is 78.3 Å². The number of rotatable bonds is 36. The molecule has 45 heteroatoms. The second kappa shape index (κ2) is 50.8. The molecule has 4 heterocycles. The number of hydrogen-bond acceptors (Lipinski definition) is 23. The summed E-state index contributed by atoms with van der Waals surface area (Å²) in [5.41, 5.74) is 24.7. The van der Waals surface area contributed by atoms with Gasteiger partial charge in [0.05, 0.1) is 25.7 Å². The first-order valence-corrected chi connectivity index (χ1v) is 45.2. The van der Waals surface area contributed by atoms with E-state index in [4.69, 9.17) is 22.9 Å². The molecule has 42 nitrogen and oxygen atoms in total. The lowest BCUT2D eigenvalue weighted by atomic mass is 10.00. The number of aliphatic carboxylic acids is 1. The van der Waals surface area contributed by atoms with E-state index in [1.54, 1.807) is 109 Å². The molecule has 2 aliphatic rings. The maximum atomic E-state index is 15.4. The maximum absolute atomic E-state index is 15.4. The number of carbonyl (C=O) groups excluding carboxylic acids is 17. The molecule has 690 valence electrons. The second-order valence-electron chi connectivity index (χ2n) is 32.1. The molecule has 2 aromatic heterocycles. The van der Waals surface area contributed by atoms with Crippen molar-refractivity contribution in [3.63, 3.8) is 0 Å². The number of nitrogens with zero attached hydrogens (tertiary/aromatic N) is 3. The van der Waals surface area contributed by atoms with Crippen molar-refractivity contribution < 1.29 is 91.4 Å². The van der Waals surface area contributed by atoms with Crippen LogP contribution in [0.1, 0.15) is 131 Å². The Kier molecular flexibility index (Phi) is 41.4. The van der Waals surface area contributed by atoms with Gasteiger partial charge in [0, 0.05) is 79.8 Å². The largest absolute Gasteiger partial charge is 0.481 e. The van der Waals surface area contributed by atoms with E-state index in [2.05, 4.69) is 94.4 Å². The minimum absolute atomic E-state index is 0.00189. The summed E-state index contributed by atoms with van der Waals surface area (Å²) in [4.78, 5) is 273. The van der Waals surface area contributed by atoms with Crippen molar-refractivity contribution in [1.82, 2.24) is 94.3 Å². The topological polar surface area (TPSA) is 660 Å². The Morgan fingerprint density at radius 3 is 1.86 bits per heavy atom. The summed E-state index contributed by atoms with van der Waals surface area (Å²) in [7, 11) is 1.47. The molecule has 4 aromatic rings. The predicted octanol–water partition coefficient (Wildman–Crippen LogP) is -3.60. The average molecular weight is 1820 g/mol. The first-order valence-electron chi connectivity index (χ1n) is 41.3. The van der Waals surface area contributed by atoms with E-state index in [0.717, 1.165) is 28.5 Å². The van der Waals surface area contributed by atoms with Gasteiger partial charge in [0.2, 0.25) is 100 Å². The van der Waals surface area contributed by atoms with Gasteiger partial charge >= 0.3 is 5.97 Å². The monoisotopic (exact) mass is 1810 g/mol. The van der Waals surface area contributed by atoms with Crippen LogP contribution in [-0.4, -0.2) is 265 Å². The number of imidazole rings is 1. The Balaban J connectivity index is 1.50. The smallest absolute Gasteiger partial charge is 0.305 e. The molecule has 14 atom stereocenters. The highest BCUT2D eigenvalue weighted by molar-refractivity contribution is 8.76. The normalized spacial score (nSPS) is 20.8. The number of aliphatic imine (C=N–C) groups is 1. The average Bonchev–Trinajstić information content (AvgIpc) is 1.67. The quantitative estimate of drug-likeness (QED) is 0.00905. The van der Waals surface area contributed by atoms with Crippen LogP contribution in [0.25, 0.3) is 10.9 Å². The first-order chi connectivity index (χ1) is 59.6. The zero-order valence-electron chi connectivity index (χ0n) is 72.0. The van der Waals surface area contributed by atoms with Crippen LogP contribution in [0.4, 0.5) is 0 Å². The number of para-hydroxylation sites is 1. The number of carbonyl (C=O) groups is 18. The molecule has 0 aliphatic carbocycles. The molecule has 0 radical (unpaired) electrons. The lowest BCUT2D eigenvalue weighted by Crippen LogP contribution is -2.62. The van der Waals surface area contributed by atoms with Gasteiger partial charge in [0.25, 0.3) is 0 Å². The summed E-state index contributed by atoms with van der Waals surface area (Å²) in [6.07, 6.45) is 3.35. The number of fused-ring (bicyclic) bond motifs is 2. The molecule has 17 amide bonds. The molecule has 2 aliphatic heterocycles. The molecule has 0 spiro atoms. The van der Waals surface area contributed by atoms with Gasteiger partial charge in [0.1, 0.15) is 84.6 Å². The van der Waals surface area contributed by atoms with Crippen molar-refractivity contribution in [3.05, 3.63) is 90.1 Å². The summed E-state index contributed by atoms with van der Waals surface area (Å²) in [5, 5.41) is 46.9. The zero-order chi connectivity index (χ0) is 93.2. The van der Waals surface area contributed by atoms with E-state index in [1.807, 2.05) is 0 Å². The van der Waals surface area contributed by atoms with Crippen LogP contribution in [0.2, 0.25) is 0 Å². The number of nitrogens with two attached hydrogens (primary N) is 4. The van der Waals surface area contributed by atoms with Gasteiger partial charge in [-0.15, -0.1) is 0 Å². The van der Waals surface area contributed by atoms with Crippen molar-refractivity contribution >= 4 is 157 Å². The Bertz CT molecular complexity index is 4510. The molecule has 126 heavy (non-hydrogen) atoms. The molecule has 2 saturated heterocycles. The van der Waals surface area contributed by atoms with Crippen LogP contribution < -0.4 is 97.4 Å². The molecule has 25 N–H and O–H groups in total. The van der Waals surface area contributed by atoms with Gasteiger partial charge in [-0.2, -0.15) is 11.8 Å². The molecular weight excluding hydrogens is 1700 g/mol. The Hall–Kier alpha value is -12.0. The summed E-state index contributed by atoms with van der Waals surface area (Å²) < 4.78 is 0. The second-order valence-corrected chi connectivity index (χ2v) is 35.6. The van der Waals surface area contributed by atoms with E-state index >= 15 is 24.0 Å². The molecule has 2 fully saturated rings. The van der Waals surface area contributed by atoms with Crippen LogP contribution in [0.5, 0.6) is 0 Å². The number of aromatic nitrogens is 3. The van der Waals surface area contributed by atoms with Crippen LogP contribution in [-0.2, 0) is 106 Å². The first kappa shape index (κ1) is 103. The fourth-order valence-corrected chi connectivity index (χ4v) is 16.6. The SMILES string of the molecule is CSCC[C@H](NC(=O)[C@@H](NC(=O)[C@H](CCCN=C(N)N)NC(=O)[C@@H]1CSSC[C@H](NC(=O)[C@@H](NC(=O)[C@H](CC(=O)O)NC(=O)[C@H](Cc2ccccc2)NC(C)=O)C(C)C)C(=O)N[C@@H](CC(N)=O)C(=O)N[C@@H](Cc2c[nH]c3ccccc23)C(=O)N[C@@H](C(C)C)C(=O)NCC(=O)N[C@@H](CC(C)C)C(=O)N2CCC[C@H]2C(=O)N[C@@H](Cc2cnc[nH]2)C(=O)N1)C(C)C)C(N)=O. The molecule has 0 unspecified atom stereocenters. The third-order valence-corrected chi connectivity index (χ3v) is 23.4. The van der Waals surface area contributed by atoms with Crippen molar-refractivity contribution in [1.29, 1.82) is 0 Å². The van der Waals surface area contributed by atoms with E-state index < -0.39 is 240 Å². The lowest BCUT2D eigenvalue weighted by molar-refractivity contribution is -0.142. The minimum Gasteiger partial charge on any atom is -0.481 e. The Morgan fingerprint density at radius 2 is 1.24 bits per heavy atom. The van der Waals surface area contributed by atoms with E-state index in [0.29, 0.717) is 27.8 Å². The van der Waals surface area contributed by atoms with Gasteiger partial charge < -0.3 is 117 Å². The van der Waals surface area contributed by atoms with Crippen LogP contribution in [0, 0.1) is 23.7 Å². The van der Waals surface area contributed by atoms with Gasteiger partial charge in [-0.05, 0) is 91.4 Å². The highest BCUT2D eigenvalue weighted by Crippen LogP contribution is 2.26. The Labute approximate surface area is 740 Å². The van der Waals surface area contributed by atoms with Gasteiger partial charge in [-0.3, -0.25) is 91.3 Å². The number of H-pyrrole nitrogens is 2. The lowest BCUT2D eigenvalue weighted by Gasteiger charge is -2.31. The van der Waals surface area contributed by atoms with Crippen molar-refractivity contribution in [2.45, 2.75) is 218 Å². The standard InChI is InChI=1S/C81H119N23O19S3/c1-40(2)28-57-80(123)104-26-17-23-60(104)76(119)98-54(31-47-35-86-39-90-47)70(113)99-58(74(117)94-51(22-16-25-87-81(84)85)68(111)102-65(42(5)6)78(121)93-50(67(83)110)24-27-124-10)37-125-126-38-59(100-79(122)66(43(7)8)103-73(116)56(33-63(108)109)97-69(112)52(91-44(9)105)29-45-18-12-11-13-19-45)75(118)96-55(32-61(82)106)71(114)95-53(30-46-34-88-49-21-15-14-20-48(46)49)72(115)101-64(41(3)4)77(120)89-36-62(107)92-57/h11-15,18-21,34-35,39-43,50-60,64-66,88H,16-17,22-33,36-38H2,1-10H3,(H2,82,106)(H2,83,110)(H,86,90)(H,89,120)(H,91,105)(H,92,107)(H,93,121)(H,94,117)(H,95,114)(H,96,118)(H,97,112)(H,98,119)(H,99,113)(H,100,122)(H,101,115)(H,102,111)(H,103,116)(H,108,109)(H4,84,85,87)/t50-,51-,52-,53-,54-,55-,56-,57-,58-,59-,60-,64-,65-,66-/m0/s1. The van der Waals surface area contributed by atoms with E-state index in [1.165, 1.54) is 43.0 Å². The minimum atomic E-state index is -2.03. The summed E-state index contributed by atoms with van der Waals surface area (Å²) in [5.74, 6) is -22.1. The molecule has 0 bridgehead atoms. The number of benzene rings is 2. The number of primary amides is 2. The predicted molar refractivity (Wildman–Crippen MR) is 470 cm³/mol. The van der Waals surface area contributed by atoms with Crippen molar-refractivity contribution in [2.75, 3.05) is 43.1 Å². The van der Waals surface area contributed by atoms with Gasteiger partial charge in [-0.1, -0.05) is 126 Å². The maximum Gasteiger partial charge on any atom is 0.305 e. The molecule has 2 aromatic carbocycles. The van der Waals surface area contributed by atoms with E-state index in [-0.39, 0.29) is 88.4 Å². The highest BCUT2D eigenvalue weighted by Gasteiger charge is 2.43.